The maximum Gasteiger partial charge on any atom is 0.255 e. The van der Waals surface area contributed by atoms with Crippen LogP contribution in [0.3, 0.4) is 0 Å². The minimum Gasteiger partial charge on any atom is -0.322 e. The highest BCUT2D eigenvalue weighted by molar-refractivity contribution is 8.00. The lowest BCUT2D eigenvalue weighted by molar-refractivity contribution is -0.115. The van der Waals surface area contributed by atoms with Crippen LogP contribution in [-0.4, -0.2) is 22.0 Å². The number of rotatable bonds is 7. The first kappa shape index (κ1) is 24.0. The van der Waals surface area contributed by atoms with E-state index in [1.54, 1.807) is 12.1 Å². The van der Waals surface area contributed by atoms with E-state index in [1.165, 1.54) is 23.1 Å². The van der Waals surface area contributed by atoms with E-state index in [9.17, 15) is 9.59 Å². The van der Waals surface area contributed by atoms with Crippen LogP contribution in [0.1, 0.15) is 22.8 Å². The molecule has 0 radical (unpaired) electrons. The number of nitrogens with one attached hydrogen (secondary N) is 2. The molecule has 2 N–H and O–H groups in total. The zero-order valence-electron chi connectivity index (χ0n) is 18.5. The molecule has 0 aliphatic carbocycles. The molecule has 1 heterocycles. The Morgan fingerprint density at radius 2 is 1.76 bits per heavy atom. The van der Waals surface area contributed by atoms with E-state index in [2.05, 4.69) is 15.6 Å². The first-order chi connectivity index (χ1) is 16.4. The van der Waals surface area contributed by atoms with Crippen molar-refractivity contribution in [2.75, 3.05) is 10.6 Å². The molecule has 2 amide bonds. The second-order valence-electron chi connectivity index (χ2n) is 7.62. The molecule has 4 rings (SSSR count). The van der Waals surface area contributed by atoms with Gasteiger partial charge in [0.05, 0.1) is 10.9 Å². The van der Waals surface area contributed by atoms with Gasteiger partial charge in [0.15, 0.2) is 5.13 Å². The third-order valence-electron chi connectivity index (χ3n) is 4.97. The van der Waals surface area contributed by atoms with Gasteiger partial charge in [-0.05, 0) is 50.2 Å². The van der Waals surface area contributed by atoms with Gasteiger partial charge in [-0.3, -0.25) is 9.59 Å². The topological polar surface area (TPSA) is 71.1 Å². The number of hydrogen-bond donors (Lipinski definition) is 2. The average Bonchev–Trinajstić information content (AvgIpc) is 3.28. The summed E-state index contributed by atoms with van der Waals surface area (Å²) in [5.74, 6) is -0.329. The van der Waals surface area contributed by atoms with Crippen molar-refractivity contribution < 1.29 is 9.59 Å². The van der Waals surface area contributed by atoms with Crippen molar-refractivity contribution in [3.05, 3.63) is 94.3 Å². The highest BCUT2D eigenvalue weighted by atomic mass is 35.5. The molecule has 0 saturated heterocycles. The predicted molar refractivity (Wildman–Crippen MR) is 142 cm³/mol. The fourth-order valence-electron chi connectivity index (χ4n) is 3.14. The summed E-state index contributed by atoms with van der Waals surface area (Å²) in [6.45, 7) is 3.81. The summed E-state index contributed by atoms with van der Waals surface area (Å²) in [5.41, 5.74) is 3.92. The number of thioether (sulfide) groups is 1. The second kappa shape index (κ2) is 10.9. The fourth-order valence-corrected chi connectivity index (χ4v) is 5.02. The first-order valence-electron chi connectivity index (χ1n) is 10.5. The zero-order valence-corrected chi connectivity index (χ0v) is 20.9. The van der Waals surface area contributed by atoms with Crippen molar-refractivity contribution in [1.29, 1.82) is 0 Å². The monoisotopic (exact) mass is 507 g/mol. The van der Waals surface area contributed by atoms with Crippen LogP contribution in [0.2, 0.25) is 5.02 Å². The minimum atomic E-state index is -0.365. The van der Waals surface area contributed by atoms with E-state index in [-0.39, 0.29) is 17.1 Å². The third-order valence-corrected chi connectivity index (χ3v) is 7.15. The van der Waals surface area contributed by atoms with E-state index >= 15 is 0 Å². The van der Waals surface area contributed by atoms with Gasteiger partial charge in [-0.25, -0.2) is 4.98 Å². The number of thiazole rings is 1. The molecule has 1 unspecified atom stereocenters. The molecule has 4 aromatic rings. The van der Waals surface area contributed by atoms with Gasteiger partial charge in [0.25, 0.3) is 5.91 Å². The SMILES string of the molecule is Cc1ccc(C(=O)Nc2cccc(SC(C)C(=O)Nc3nc(-c4ccccc4Cl)cs3)c2)cc1. The molecule has 0 fully saturated rings. The first-order valence-corrected chi connectivity index (χ1v) is 12.7. The lowest BCUT2D eigenvalue weighted by atomic mass is 10.1. The van der Waals surface area contributed by atoms with Gasteiger partial charge in [-0.1, -0.05) is 53.6 Å². The number of benzene rings is 3. The average molecular weight is 508 g/mol. The Kier molecular flexibility index (Phi) is 7.67. The smallest absolute Gasteiger partial charge is 0.255 e. The van der Waals surface area contributed by atoms with Crippen molar-refractivity contribution in [2.24, 2.45) is 0 Å². The lowest BCUT2D eigenvalue weighted by Gasteiger charge is -2.12. The van der Waals surface area contributed by atoms with E-state index in [4.69, 9.17) is 11.6 Å². The third kappa shape index (κ3) is 6.05. The fraction of sp³-hybridized carbons (Fsp3) is 0.115. The summed E-state index contributed by atoms with van der Waals surface area (Å²) in [5, 5.41) is 8.43. The predicted octanol–water partition coefficient (Wildman–Crippen LogP) is 7.14. The molecule has 0 bridgehead atoms. The number of nitrogens with zero attached hydrogens (tertiary/aromatic N) is 1. The summed E-state index contributed by atoms with van der Waals surface area (Å²) in [4.78, 5) is 30.6. The molecule has 3 aromatic carbocycles. The molecule has 0 aliphatic heterocycles. The van der Waals surface area contributed by atoms with E-state index in [0.717, 1.165) is 21.7 Å². The highest BCUT2D eigenvalue weighted by Gasteiger charge is 2.17. The van der Waals surface area contributed by atoms with Gasteiger partial charge in [-0.15, -0.1) is 23.1 Å². The Balaban J connectivity index is 1.37. The Morgan fingerprint density at radius 1 is 1.00 bits per heavy atom. The van der Waals surface area contributed by atoms with Crippen LogP contribution in [0, 0.1) is 6.92 Å². The number of aryl methyl sites for hydroxylation is 1. The van der Waals surface area contributed by atoms with Gasteiger partial charge < -0.3 is 10.6 Å². The van der Waals surface area contributed by atoms with Crippen molar-refractivity contribution in [3.63, 3.8) is 0 Å². The molecule has 1 aromatic heterocycles. The second-order valence-corrected chi connectivity index (χ2v) is 10.3. The zero-order chi connectivity index (χ0) is 24.1. The number of amides is 2. The summed E-state index contributed by atoms with van der Waals surface area (Å²) in [6, 6.07) is 22.3. The van der Waals surface area contributed by atoms with Crippen LogP contribution < -0.4 is 10.6 Å². The van der Waals surface area contributed by atoms with Gasteiger partial charge >= 0.3 is 0 Å². The summed E-state index contributed by atoms with van der Waals surface area (Å²) >= 11 is 9.01. The van der Waals surface area contributed by atoms with E-state index in [0.29, 0.717) is 21.4 Å². The number of halogens is 1. The van der Waals surface area contributed by atoms with Crippen molar-refractivity contribution >= 4 is 57.3 Å². The Bertz CT molecular complexity index is 1320. The lowest BCUT2D eigenvalue weighted by Crippen LogP contribution is -2.22. The van der Waals surface area contributed by atoms with Crippen LogP contribution in [0.15, 0.2) is 83.1 Å². The van der Waals surface area contributed by atoms with Crippen molar-refractivity contribution in [3.8, 4) is 11.3 Å². The highest BCUT2D eigenvalue weighted by Crippen LogP contribution is 2.31. The normalized spacial score (nSPS) is 11.6. The summed E-state index contributed by atoms with van der Waals surface area (Å²) in [7, 11) is 0. The van der Waals surface area contributed by atoms with Crippen LogP contribution in [0.5, 0.6) is 0 Å². The number of hydrogen-bond acceptors (Lipinski definition) is 5. The maximum atomic E-state index is 12.7. The molecule has 0 aliphatic rings. The largest absolute Gasteiger partial charge is 0.322 e. The minimum absolute atomic E-state index is 0.154. The van der Waals surface area contributed by atoms with Crippen molar-refractivity contribution in [1.82, 2.24) is 4.98 Å². The quantitative estimate of drug-likeness (QED) is 0.261. The number of anilines is 2. The Labute approximate surface area is 211 Å². The van der Waals surface area contributed by atoms with E-state index in [1.807, 2.05) is 79.9 Å². The molecule has 1 atom stereocenters. The molecular weight excluding hydrogens is 486 g/mol. The number of aromatic nitrogens is 1. The molecule has 5 nitrogen and oxygen atoms in total. The summed E-state index contributed by atoms with van der Waals surface area (Å²) < 4.78 is 0. The number of carbonyl (C=O) groups excluding carboxylic acids is 2. The van der Waals surface area contributed by atoms with Gasteiger partial charge in [0.1, 0.15) is 0 Å². The Hall–Kier alpha value is -3.13. The molecule has 8 heteroatoms. The molecule has 0 spiro atoms. The van der Waals surface area contributed by atoms with Crippen LogP contribution in [-0.2, 0) is 4.79 Å². The number of carbonyl (C=O) groups is 2. The van der Waals surface area contributed by atoms with Crippen LogP contribution in [0.25, 0.3) is 11.3 Å². The maximum absolute atomic E-state index is 12.7. The molecule has 172 valence electrons. The van der Waals surface area contributed by atoms with E-state index < -0.39 is 0 Å². The molecular formula is C26H22ClN3O2S2. The molecule has 0 saturated carbocycles. The van der Waals surface area contributed by atoms with Crippen molar-refractivity contribution in [2.45, 2.75) is 24.0 Å². The molecule has 34 heavy (non-hydrogen) atoms. The van der Waals surface area contributed by atoms with Gasteiger partial charge in [0.2, 0.25) is 5.91 Å². The van der Waals surface area contributed by atoms with Crippen LogP contribution >= 0.6 is 34.7 Å². The Morgan fingerprint density at radius 3 is 2.53 bits per heavy atom. The van der Waals surface area contributed by atoms with Crippen LogP contribution in [0.4, 0.5) is 10.8 Å². The summed E-state index contributed by atoms with van der Waals surface area (Å²) in [6.07, 6.45) is 0. The van der Waals surface area contributed by atoms with Gasteiger partial charge in [-0.2, -0.15) is 0 Å². The standard InChI is InChI=1S/C26H22ClN3O2S2/c1-16-10-12-18(13-11-16)25(32)28-19-6-5-7-20(14-19)34-17(2)24(31)30-26-29-23(15-33-26)21-8-3-4-9-22(21)27/h3-15,17H,1-2H3,(H,28,32)(H,29,30,31). The van der Waals surface area contributed by atoms with Gasteiger partial charge in [0, 0.05) is 32.1 Å².